The molecule has 10 heteroatoms. The molecule has 1 aromatic rings. The van der Waals surface area contributed by atoms with Gasteiger partial charge in [0, 0.05) is 17.5 Å². The fourth-order valence-electron chi connectivity index (χ4n) is 3.55. The van der Waals surface area contributed by atoms with Gasteiger partial charge in [-0.05, 0) is 52.5 Å². The Bertz CT molecular complexity index is 994. The topological polar surface area (TPSA) is 149 Å². The number of nitrogens with one attached hydrogen (secondary N) is 1. The predicted molar refractivity (Wildman–Crippen MR) is 119 cm³/mol. The fraction of sp³-hybridized carbons (Fsp3) is 0.682. The molecule has 1 aliphatic heterocycles. The maximum absolute atomic E-state index is 12.7. The van der Waals surface area contributed by atoms with Gasteiger partial charge in [0.1, 0.15) is 18.3 Å². The van der Waals surface area contributed by atoms with Crippen LogP contribution in [0.5, 0.6) is 0 Å². The third-order valence-corrected chi connectivity index (χ3v) is 8.40. The van der Waals surface area contributed by atoms with Crippen LogP contribution >= 0.6 is 7.60 Å². The fourth-order valence-corrected chi connectivity index (χ4v) is 4.95. The number of H-pyrrole nitrogens is 1. The number of pyridine rings is 1. The molecule has 1 saturated heterocycles. The van der Waals surface area contributed by atoms with E-state index in [4.69, 9.17) is 9.26 Å². The van der Waals surface area contributed by atoms with E-state index in [2.05, 4.69) is 16.8 Å². The van der Waals surface area contributed by atoms with Crippen molar-refractivity contribution in [2.45, 2.75) is 96.2 Å². The number of aromatic nitrogens is 1. The van der Waals surface area contributed by atoms with Gasteiger partial charge >= 0.3 is 7.60 Å². The third-order valence-electron chi connectivity index (χ3n) is 6.18. The first-order chi connectivity index (χ1) is 14.7. The molecule has 0 bridgehead atoms. The average Bonchev–Trinajstić information content (AvgIpc) is 2.98. The predicted octanol–water partition coefficient (Wildman–Crippen LogP) is 2.10. The van der Waals surface area contributed by atoms with Gasteiger partial charge in [-0.25, -0.2) is 0 Å². The largest absolute Gasteiger partial charge is 0.388 e. The number of aryl methyl sites for hydroxylation is 1. The van der Waals surface area contributed by atoms with E-state index in [0.717, 1.165) is 0 Å². The number of aliphatic hydroxyl groups is 3. The number of aliphatic hydroxyl groups excluding tert-OH is 2. The van der Waals surface area contributed by atoms with Crippen molar-refractivity contribution < 1.29 is 34.0 Å². The van der Waals surface area contributed by atoms with Crippen LogP contribution in [-0.4, -0.2) is 54.5 Å². The van der Waals surface area contributed by atoms with Crippen LogP contribution in [0.3, 0.4) is 0 Å². The lowest BCUT2D eigenvalue weighted by Gasteiger charge is -2.37. The van der Waals surface area contributed by atoms with Crippen LogP contribution in [0.4, 0.5) is 0 Å². The van der Waals surface area contributed by atoms with Gasteiger partial charge in [0.15, 0.2) is 5.34 Å². The van der Waals surface area contributed by atoms with E-state index in [-0.39, 0.29) is 30.5 Å². The number of hydrogen-bond donors (Lipinski definition) is 5. The molecule has 7 atom stereocenters. The van der Waals surface area contributed by atoms with Crippen LogP contribution < -0.4 is 5.56 Å². The quantitative estimate of drug-likeness (QED) is 0.286. The second-order valence-electron chi connectivity index (χ2n) is 8.75. The van der Waals surface area contributed by atoms with Crippen molar-refractivity contribution in [3.05, 3.63) is 33.2 Å². The summed E-state index contributed by atoms with van der Waals surface area (Å²) in [5.41, 5.74) is -0.416. The minimum Gasteiger partial charge on any atom is -0.388 e. The second kappa shape index (κ2) is 9.78. The first-order valence-electron chi connectivity index (χ1n) is 10.7. The van der Waals surface area contributed by atoms with Crippen LogP contribution in [0.2, 0.25) is 0 Å². The maximum Gasteiger partial charge on any atom is 0.359 e. The van der Waals surface area contributed by atoms with Crippen LogP contribution in [0.1, 0.15) is 76.8 Å². The van der Waals surface area contributed by atoms with E-state index in [0.29, 0.717) is 11.1 Å². The molecule has 32 heavy (non-hydrogen) atoms. The summed E-state index contributed by atoms with van der Waals surface area (Å²) >= 11 is 0. The van der Waals surface area contributed by atoms with Crippen LogP contribution in [-0.2, 0) is 13.8 Å². The van der Waals surface area contributed by atoms with Gasteiger partial charge in [-0.3, -0.25) is 9.36 Å². The maximum atomic E-state index is 12.7. The van der Waals surface area contributed by atoms with Crippen LogP contribution in [0.15, 0.2) is 10.9 Å². The lowest BCUT2D eigenvalue weighted by molar-refractivity contribution is -0.0531. The van der Waals surface area contributed by atoms with Crippen molar-refractivity contribution in [1.29, 1.82) is 0 Å². The molecule has 9 nitrogen and oxygen atoms in total. The molecule has 0 amide bonds. The summed E-state index contributed by atoms with van der Waals surface area (Å²) in [7, 11) is -4.43. The molecule has 0 aromatic carbocycles. The molecule has 2 heterocycles. The van der Waals surface area contributed by atoms with E-state index in [1.165, 1.54) is 6.92 Å². The second-order valence-corrected chi connectivity index (χ2v) is 10.9. The minimum absolute atomic E-state index is 0.0106. The van der Waals surface area contributed by atoms with Crippen molar-refractivity contribution in [2.24, 2.45) is 0 Å². The average molecular weight is 471 g/mol. The van der Waals surface area contributed by atoms with Gasteiger partial charge < -0.3 is 34.5 Å². The van der Waals surface area contributed by atoms with Crippen molar-refractivity contribution in [3.8, 4) is 11.8 Å². The van der Waals surface area contributed by atoms with E-state index in [1.54, 1.807) is 40.7 Å². The molecule has 5 N–H and O–H groups in total. The van der Waals surface area contributed by atoms with E-state index in [1.807, 2.05) is 0 Å². The van der Waals surface area contributed by atoms with Gasteiger partial charge in [0.2, 0.25) is 0 Å². The highest BCUT2D eigenvalue weighted by Gasteiger charge is 2.50. The Morgan fingerprint density at radius 3 is 2.41 bits per heavy atom. The Hall–Kier alpha value is -1.50. The van der Waals surface area contributed by atoms with Gasteiger partial charge in [-0.15, -0.1) is 0 Å². The molecule has 2 rings (SSSR count). The van der Waals surface area contributed by atoms with Crippen molar-refractivity contribution >= 4 is 7.60 Å². The molecule has 0 aliphatic carbocycles. The molecule has 1 aromatic heterocycles. The number of ether oxygens (including phenoxy) is 1. The van der Waals surface area contributed by atoms with E-state index < -0.39 is 43.0 Å². The normalized spacial score (nSPS) is 28.8. The number of aromatic amines is 1. The summed E-state index contributed by atoms with van der Waals surface area (Å²) in [5, 5.41) is 29.7. The Kier molecular flexibility index (Phi) is 8.17. The monoisotopic (exact) mass is 471 g/mol. The van der Waals surface area contributed by atoms with Crippen LogP contribution in [0.25, 0.3) is 0 Å². The number of hydrogen-bond acceptors (Lipinski definition) is 7. The van der Waals surface area contributed by atoms with Crippen LogP contribution in [0, 0.1) is 18.8 Å². The lowest BCUT2D eigenvalue weighted by Crippen LogP contribution is -2.40. The Labute approximate surface area is 188 Å². The van der Waals surface area contributed by atoms with E-state index >= 15 is 0 Å². The third kappa shape index (κ3) is 5.35. The Balaban J connectivity index is 2.34. The zero-order chi connectivity index (χ0) is 24.5. The summed E-state index contributed by atoms with van der Waals surface area (Å²) in [6.45, 7) is 9.36. The van der Waals surface area contributed by atoms with Gasteiger partial charge in [0.05, 0.1) is 17.4 Å². The smallest absolute Gasteiger partial charge is 0.359 e. The van der Waals surface area contributed by atoms with Crippen molar-refractivity contribution in [3.63, 3.8) is 0 Å². The Morgan fingerprint density at radius 2 is 1.88 bits per heavy atom. The van der Waals surface area contributed by atoms with Gasteiger partial charge in [0.25, 0.3) is 5.56 Å². The summed E-state index contributed by atoms with van der Waals surface area (Å²) in [6.07, 6.45) is -4.24. The molecular formula is C22H34NO8P. The first kappa shape index (κ1) is 26.7. The SMILES string of the molecule is CC#Cc1[nH]c(=O)c(C)cc1C1OC(CC(C)(CC)OP(=O)(O)C(C)(O)CC)C(O)C1O. The van der Waals surface area contributed by atoms with Gasteiger partial charge in [-0.1, -0.05) is 19.8 Å². The lowest BCUT2D eigenvalue weighted by atomic mass is 9.92. The molecule has 0 saturated carbocycles. The summed E-state index contributed by atoms with van der Waals surface area (Å²) in [5.74, 6) is 5.49. The van der Waals surface area contributed by atoms with Crippen molar-refractivity contribution in [2.75, 3.05) is 0 Å². The zero-order valence-electron chi connectivity index (χ0n) is 19.4. The standard InChI is InChI=1S/C22H34NO8P/c1-7-10-15-14(11-13(4)20(26)23-15)19-18(25)17(24)16(30-19)12-21(5,8-2)31-32(28,29)22(6,27)9-3/h11,16-19,24-25,27H,8-9,12H2,1-6H3,(H,23,26)(H,28,29). The number of rotatable bonds is 8. The molecule has 1 fully saturated rings. The van der Waals surface area contributed by atoms with Crippen molar-refractivity contribution in [1.82, 2.24) is 4.98 Å². The Morgan fingerprint density at radius 1 is 1.25 bits per heavy atom. The minimum atomic E-state index is -4.43. The summed E-state index contributed by atoms with van der Waals surface area (Å²) in [6, 6.07) is 1.57. The van der Waals surface area contributed by atoms with Gasteiger partial charge in [-0.2, -0.15) is 0 Å². The highest BCUT2D eigenvalue weighted by atomic mass is 31.2. The molecule has 1 aliphatic rings. The molecule has 0 radical (unpaired) electrons. The molecule has 7 unspecified atom stereocenters. The van der Waals surface area contributed by atoms with E-state index in [9.17, 15) is 29.6 Å². The summed E-state index contributed by atoms with van der Waals surface area (Å²) < 4.78 is 24.2. The molecular weight excluding hydrogens is 437 g/mol. The first-order valence-corrected chi connectivity index (χ1v) is 12.2. The highest BCUT2D eigenvalue weighted by Crippen LogP contribution is 2.59. The molecule has 180 valence electrons. The molecule has 0 spiro atoms. The zero-order valence-corrected chi connectivity index (χ0v) is 20.3. The summed E-state index contributed by atoms with van der Waals surface area (Å²) in [4.78, 5) is 25.0. The highest BCUT2D eigenvalue weighted by molar-refractivity contribution is 7.54.